The summed E-state index contributed by atoms with van der Waals surface area (Å²) in [7, 11) is 0. The molecule has 0 bridgehead atoms. The number of halogens is 4. The van der Waals surface area contributed by atoms with Crippen LogP contribution in [0.25, 0.3) is 0 Å². The largest absolute Gasteiger partial charge is 0.416 e. The lowest BCUT2D eigenvalue weighted by molar-refractivity contribution is -0.137. The first-order valence-electron chi connectivity index (χ1n) is 6.34. The van der Waals surface area contributed by atoms with Gasteiger partial charge in [0.25, 0.3) is 0 Å². The monoisotopic (exact) mass is 298 g/mol. The molecule has 0 heterocycles. The van der Waals surface area contributed by atoms with Crippen molar-refractivity contribution < 1.29 is 22.7 Å². The Morgan fingerprint density at radius 1 is 1.00 bits per heavy atom. The zero-order valence-electron chi connectivity index (χ0n) is 11.3. The Balaban J connectivity index is 2.31. The van der Waals surface area contributed by atoms with E-state index in [4.69, 9.17) is 0 Å². The molecule has 0 aliphatic rings. The predicted molar refractivity (Wildman–Crippen MR) is 71.1 cm³/mol. The Morgan fingerprint density at radius 3 is 2.29 bits per heavy atom. The van der Waals surface area contributed by atoms with Crippen molar-refractivity contribution in [1.29, 1.82) is 0 Å². The predicted octanol–water partition coefficient (Wildman–Crippen LogP) is 4.29. The second-order valence-electron chi connectivity index (χ2n) is 5.13. The van der Waals surface area contributed by atoms with Gasteiger partial charge in [-0.3, -0.25) is 0 Å². The van der Waals surface area contributed by atoms with Crippen LogP contribution in [0.15, 0.2) is 48.5 Å². The van der Waals surface area contributed by atoms with Crippen LogP contribution in [0, 0.1) is 5.82 Å². The molecule has 0 spiro atoms. The van der Waals surface area contributed by atoms with Gasteiger partial charge in [-0.1, -0.05) is 36.4 Å². The SMILES string of the molecule is CC(O)(Cc1cccc(C(F)(F)F)c1)c1ccccc1F. The van der Waals surface area contributed by atoms with Gasteiger partial charge in [0.2, 0.25) is 0 Å². The fraction of sp³-hybridized carbons (Fsp3) is 0.250. The van der Waals surface area contributed by atoms with Gasteiger partial charge in [-0.2, -0.15) is 13.2 Å². The van der Waals surface area contributed by atoms with Crippen molar-refractivity contribution in [3.05, 3.63) is 71.0 Å². The third kappa shape index (κ3) is 3.61. The lowest BCUT2D eigenvalue weighted by atomic mass is 9.88. The van der Waals surface area contributed by atoms with Crippen molar-refractivity contribution in [2.45, 2.75) is 25.1 Å². The van der Waals surface area contributed by atoms with E-state index in [9.17, 15) is 22.7 Å². The Kier molecular flexibility index (Phi) is 4.05. The number of aliphatic hydroxyl groups is 1. The number of benzene rings is 2. The maximum atomic E-state index is 13.7. The first-order chi connectivity index (χ1) is 9.70. The third-order valence-corrected chi connectivity index (χ3v) is 3.26. The molecule has 1 unspecified atom stereocenters. The van der Waals surface area contributed by atoms with E-state index in [-0.39, 0.29) is 17.5 Å². The second kappa shape index (κ2) is 5.48. The van der Waals surface area contributed by atoms with Crippen molar-refractivity contribution in [1.82, 2.24) is 0 Å². The molecule has 1 atom stereocenters. The van der Waals surface area contributed by atoms with Crippen LogP contribution in [-0.2, 0) is 18.2 Å². The van der Waals surface area contributed by atoms with Crippen molar-refractivity contribution in [3.8, 4) is 0 Å². The van der Waals surface area contributed by atoms with E-state index in [1.54, 1.807) is 6.07 Å². The molecule has 0 amide bonds. The number of rotatable bonds is 3. The van der Waals surface area contributed by atoms with Gasteiger partial charge in [0.05, 0.1) is 11.2 Å². The van der Waals surface area contributed by atoms with E-state index >= 15 is 0 Å². The zero-order chi connectivity index (χ0) is 15.7. The molecule has 112 valence electrons. The molecule has 1 nitrogen and oxygen atoms in total. The third-order valence-electron chi connectivity index (χ3n) is 3.26. The molecule has 21 heavy (non-hydrogen) atoms. The summed E-state index contributed by atoms with van der Waals surface area (Å²) in [4.78, 5) is 0. The fourth-order valence-electron chi connectivity index (χ4n) is 2.25. The van der Waals surface area contributed by atoms with Gasteiger partial charge in [-0.25, -0.2) is 4.39 Å². The van der Waals surface area contributed by atoms with E-state index in [1.807, 2.05) is 0 Å². The standard InChI is InChI=1S/C16H14F4O/c1-15(21,13-7-2-3-8-14(13)17)10-11-5-4-6-12(9-11)16(18,19)20/h2-9,21H,10H2,1H3. The number of alkyl halides is 3. The van der Waals surface area contributed by atoms with E-state index in [0.717, 1.165) is 12.1 Å². The quantitative estimate of drug-likeness (QED) is 0.838. The number of hydrogen-bond donors (Lipinski definition) is 1. The maximum absolute atomic E-state index is 13.7. The Labute approximate surface area is 119 Å². The highest BCUT2D eigenvalue weighted by molar-refractivity contribution is 5.30. The second-order valence-corrected chi connectivity index (χ2v) is 5.13. The first kappa shape index (κ1) is 15.5. The number of hydrogen-bond acceptors (Lipinski definition) is 1. The molecule has 2 rings (SSSR count). The molecule has 2 aromatic carbocycles. The average molecular weight is 298 g/mol. The molecule has 1 N–H and O–H groups in total. The van der Waals surface area contributed by atoms with Crippen LogP contribution in [0.2, 0.25) is 0 Å². The minimum atomic E-state index is -4.44. The fourth-order valence-corrected chi connectivity index (χ4v) is 2.25. The van der Waals surface area contributed by atoms with E-state index < -0.39 is 23.2 Å². The van der Waals surface area contributed by atoms with Crippen LogP contribution < -0.4 is 0 Å². The smallest absolute Gasteiger partial charge is 0.385 e. The Hall–Kier alpha value is -1.88. The normalized spacial score (nSPS) is 14.8. The van der Waals surface area contributed by atoms with Crippen LogP contribution in [0.5, 0.6) is 0 Å². The van der Waals surface area contributed by atoms with Gasteiger partial charge in [0.1, 0.15) is 5.82 Å². The zero-order valence-corrected chi connectivity index (χ0v) is 11.3. The van der Waals surface area contributed by atoms with Gasteiger partial charge < -0.3 is 5.11 Å². The molecule has 0 aliphatic heterocycles. The average Bonchev–Trinajstić information content (AvgIpc) is 2.37. The lowest BCUT2D eigenvalue weighted by Crippen LogP contribution is -2.25. The summed E-state index contributed by atoms with van der Waals surface area (Å²) in [5, 5.41) is 10.4. The summed E-state index contributed by atoms with van der Waals surface area (Å²) in [5.41, 5.74) is -2.03. The molecule has 0 saturated heterocycles. The van der Waals surface area contributed by atoms with Gasteiger partial charge in [-0.15, -0.1) is 0 Å². The Bertz CT molecular complexity index is 632. The summed E-state index contributed by atoms with van der Waals surface area (Å²) in [6.07, 6.45) is -4.56. The molecule has 0 radical (unpaired) electrons. The molecule has 0 saturated carbocycles. The van der Waals surface area contributed by atoms with Crippen molar-refractivity contribution in [3.63, 3.8) is 0 Å². The summed E-state index contributed by atoms with van der Waals surface area (Å²) in [6.45, 7) is 1.38. The molecule has 0 fully saturated rings. The van der Waals surface area contributed by atoms with Crippen LogP contribution in [0.4, 0.5) is 17.6 Å². The minimum absolute atomic E-state index is 0.0578. The van der Waals surface area contributed by atoms with E-state index in [1.165, 1.54) is 37.3 Å². The first-order valence-corrected chi connectivity index (χ1v) is 6.34. The summed E-state index contributed by atoms with van der Waals surface area (Å²) in [6, 6.07) is 10.4. The van der Waals surface area contributed by atoms with Gasteiger partial charge in [-0.05, 0) is 24.6 Å². The van der Waals surface area contributed by atoms with Gasteiger partial charge in [0.15, 0.2) is 0 Å². The molecular formula is C16H14F4O. The summed E-state index contributed by atoms with van der Waals surface area (Å²) < 4.78 is 51.7. The van der Waals surface area contributed by atoms with Crippen molar-refractivity contribution >= 4 is 0 Å². The lowest BCUT2D eigenvalue weighted by Gasteiger charge is -2.25. The van der Waals surface area contributed by atoms with E-state index in [2.05, 4.69) is 0 Å². The minimum Gasteiger partial charge on any atom is -0.385 e. The summed E-state index contributed by atoms with van der Waals surface area (Å²) in [5.74, 6) is -0.588. The van der Waals surface area contributed by atoms with Crippen molar-refractivity contribution in [2.24, 2.45) is 0 Å². The summed E-state index contributed by atoms with van der Waals surface area (Å²) >= 11 is 0. The van der Waals surface area contributed by atoms with Crippen LogP contribution in [0.1, 0.15) is 23.6 Å². The van der Waals surface area contributed by atoms with E-state index in [0.29, 0.717) is 0 Å². The topological polar surface area (TPSA) is 20.2 Å². The Morgan fingerprint density at radius 2 is 1.67 bits per heavy atom. The van der Waals surface area contributed by atoms with Crippen LogP contribution >= 0.6 is 0 Å². The highest BCUT2D eigenvalue weighted by Crippen LogP contribution is 2.32. The molecule has 2 aromatic rings. The highest BCUT2D eigenvalue weighted by Gasteiger charge is 2.32. The maximum Gasteiger partial charge on any atom is 0.416 e. The molecule has 0 aliphatic carbocycles. The molecule has 0 aromatic heterocycles. The van der Waals surface area contributed by atoms with Crippen molar-refractivity contribution in [2.75, 3.05) is 0 Å². The molecule has 5 heteroatoms. The van der Waals surface area contributed by atoms with Gasteiger partial charge >= 0.3 is 6.18 Å². The molecular weight excluding hydrogens is 284 g/mol. The highest BCUT2D eigenvalue weighted by atomic mass is 19.4. The van der Waals surface area contributed by atoms with Gasteiger partial charge in [0, 0.05) is 12.0 Å². The van der Waals surface area contributed by atoms with Crippen LogP contribution in [0.3, 0.4) is 0 Å². The van der Waals surface area contributed by atoms with Crippen LogP contribution in [-0.4, -0.2) is 5.11 Å².